The van der Waals surface area contributed by atoms with Crippen LogP contribution in [0, 0.1) is 0 Å². The van der Waals surface area contributed by atoms with Crippen LogP contribution in [0.1, 0.15) is 22.3 Å². The lowest BCUT2D eigenvalue weighted by Gasteiger charge is -2.34. The first-order valence-corrected chi connectivity index (χ1v) is 20.8. The van der Waals surface area contributed by atoms with Crippen LogP contribution in [0.3, 0.4) is 0 Å². The van der Waals surface area contributed by atoms with Crippen LogP contribution >= 0.6 is 0 Å². The van der Waals surface area contributed by atoms with E-state index >= 15 is 0 Å². The molecule has 1 aliphatic carbocycles. The molecule has 9 aromatic carbocycles. The molecular formula is C58H39N3. The van der Waals surface area contributed by atoms with Gasteiger partial charge in [-0.3, -0.25) is 0 Å². The molecule has 0 N–H and O–H groups in total. The lowest BCUT2D eigenvalue weighted by Crippen LogP contribution is -2.28. The highest BCUT2D eigenvalue weighted by Gasteiger charge is 2.46. The lowest BCUT2D eigenvalue weighted by molar-refractivity contribution is 0.768. The molecule has 3 heteroatoms. The summed E-state index contributed by atoms with van der Waals surface area (Å²) in [6, 6.07) is 84.1. The van der Waals surface area contributed by atoms with E-state index in [9.17, 15) is 0 Å². The Hall–Kier alpha value is -8.01. The van der Waals surface area contributed by atoms with Crippen LogP contribution in [0.5, 0.6) is 0 Å². The molecule has 1 aromatic heterocycles. The van der Waals surface area contributed by atoms with Crippen molar-refractivity contribution in [2.24, 2.45) is 0 Å². The summed E-state index contributed by atoms with van der Waals surface area (Å²) >= 11 is 0. The first kappa shape index (κ1) is 36.1. The highest BCUT2D eigenvalue weighted by Crippen LogP contribution is 2.58. The van der Waals surface area contributed by atoms with Gasteiger partial charge in [0.25, 0.3) is 0 Å². The molecule has 0 aliphatic heterocycles. The van der Waals surface area contributed by atoms with E-state index in [4.69, 9.17) is 15.0 Å². The Bertz CT molecular complexity index is 3000. The molecule has 11 rings (SSSR count). The summed E-state index contributed by atoms with van der Waals surface area (Å²) in [7, 11) is 0. The van der Waals surface area contributed by atoms with Gasteiger partial charge in [0.05, 0.1) is 5.41 Å². The molecule has 0 bridgehead atoms. The van der Waals surface area contributed by atoms with Crippen molar-refractivity contribution in [3.05, 3.63) is 259 Å². The molecule has 0 unspecified atom stereocenters. The minimum atomic E-state index is -0.480. The molecule has 0 atom stereocenters. The third-order valence-electron chi connectivity index (χ3n) is 12.1. The van der Waals surface area contributed by atoms with Crippen LogP contribution in [0.2, 0.25) is 0 Å². The molecule has 61 heavy (non-hydrogen) atoms. The maximum absolute atomic E-state index is 5.19. The van der Waals surface area contributed by atoms with E-state index in [0.717, 1.165) is 33.4 Å². The fourth-order valence-electron chi connectivity index (χ4n) is 9.21. The van der Waals surface area contributed by atoms with Crippen molar-refractivity contribution in [3.8, 4) is 78.7 Å². The second-order valence-electron chi connectivity index (χ2n) is 15.5. The van der Waals surface area contributed by atoms with Gasteiger partial charge < -0.3 is 0 Å². The minimum Gasteiger partial charge on any atom is -0.208 e. The van der Waals surface area contributed by atoms with Gasteiger partial charge in [-0.15, -0.1) is 0 Å². The van der Waals surface area contributed by atoms with Crippen molar-refractivity contribution in [1.82, 2.24) is 15.0 Å². The predicted molar refractivity (Wildman–Crippen MR) is 250 cm³/mol. The van der Waals surface area contributed by atoms with Crippen LogP contribution < -0.4 is 0 Å². The fraction of sp³-hybridized carbons (Fsp3) is 0.0172. The fourth-order valence-corrected chi connectivity index (χ4v) is 9.21. The Morgan fingerprint density at radius 3 is 1.15 bits per heavy atom. The Morgan fingerprint density at radius 1 is 0.246 bits per heavy atom. The number of aromatic nitrogens is 3. The number of nitrogens with zero attached hydrogens (tertiary/aromatic N) is 3. The summed E-state index contributed by atoms with van der Waals surface area (Å²) in [6.07, 6.45) is 0. The van der Waals surface area contributed by atoms with Crippen LogP contribution in [-0.2, 0) is 5.41 Å². The first-order chi connectivity index (χ1) is 30.2. The van der Waals surface area contributed by atoms with Gasteiger partial charge in [0.15, 0.2) is 17.5 Å². The van der Waals surface area contributed by atoms with Crippen molar-refractivity contribution in [2.75, 3.05) is 0 Å². The third-order valence-corrected chi connectivity index (χ3v) is 12.1. The molecule has 0 fully saturated rings. The quantitative estimate of drug-likeness (QED) is 0.154. The monoisotopic (exact) mass is 777 g/mol. The Balaban J connectivity index is 1.06. The minimum absolute atomic E-state index is 0.480. The number of benzene rings is 9. The zero-order valence-corrected chi connectivity index (χ0v) is 33.4. The van der Waals surface area contributed by atoms with Gasteiger partial charge in [0, 0.05) is 16.7 Å². The van der Waals surface area contributed by atoms with Gasteiger partial charge in [-0.2, -0.15) is 0 Å². The van der Waals surface area contributed by atoms with Gasteiger partial charge in [-0.1, -0.05) is 231 Å². The second-order valence-corrected chi connectivity index (χ2v) is 15.5. The van der Waals surface area contributed by atoms with Crippen LogP contribution in [0.15, 0.2) is 237 Å². The summed E-state index contributed by atoms with van der Waals surface area (Å²) in [5.74, 6) is 1.88. The van der Waals surface area contributed by atoms with E-state index < -0.39 is 5.41 Å². The standard InChI is InChI=1S/C58H39N3/c1-5-17-40(18-6-1)42-31-35-44(36-32-42)55-59-56(45-37-33-43(34-38-45)41-19-7-2-8-20-41)61-57(60-55)47-22-15-21-46(39-47)50-28-16-30-53-54(50)51-27-13-14-29-52(51)58(53,48-23-9-3-10-24-48)49-25-11-4-12-26-49/h1-39H. The van der Waals surface area contributed by atoms with E-state index in [1.54, 1.807) is 0 Å². The van der Waals surface area contributed by atoms with Gasteiger partial charge in [0.1, 0.15) is 0 Å². The van der Waals surface area contributed by atoms with Gasteiger partial charge in [0.2, 0.25) is 0 Å². The lowest BCUT2D eigenvalue weighted by atomic mass is 9.67. The molecule has 10 aromatic rings. The highest BCUT2D eigenvalue weighted by molar-refractivity contribution is 5.96. The van der Waals surface area contributed by atoms with Gasteiger partial charge in [-0.25, -0.2) is 15.0 Å². The topological polar surface area (TPSA) is 38.7 Å². The van der Waals surface area contributed by atoms with E-state index in [2.05, 4.69) is 224 Å². The predicted octanol–water partition coefficient (Wildman–Crippen LogP) is 14.2. The Morgan fingerprint density at radius 2 is 0.607 bits per heavy atom. The SMILES string of the molecule is c1ccc(-c2ccc(-c3nc(-c4ccc(-c5ccccc5)cc4)nc(-c4cccc(-c5cccc6c5-c5ccccc5C6(c5ccccc5)c5ccccc5)c4)n3)cc2)cc1. The van der Waals surface area contributed by atoms with Gasteiger partial charge >= 0.3 is 0 Å². The zero-order chi connectivity index (χ0) is 40.6. The van der Waals surface area contributed by atoms with Crippen LogP contribution in [0.25, 0.3) is 78.7 Å². The first-order valence-electron chi connectivity index (χ1n) is 20.8. The summed E-state index contributed by atoms with van der Waals surface area (Å²) in [4.78, 5) is 15.5. The zero-order valence-electron chi connectivity index (χ0n) is 33.4. The smallest absolute Gasteiger partial charge is 0.164 e. The van der Waals surface area contributed by atoms with Crippen molar-refractivity contribution >= 4 is 0 Å². The Labute approximate surface area is 356 Å². The summed E-state index contributed by atoms with van der Waals surface area (Å²) in [5.41, 5.74) is 16.7. The maximum Gasteiger partial charge on any atom is 0.164 e. The average Bonchev–Trinajstić information content (AvgIpc) is 3.66. The molecule has 1 heterocycles. The number of rotatable bonds is 8. The molecule has 0 saturated heterocycles. The second kappa shape index (κ2) is 15.3. The maximum atomic E-state index is 5.19. The molecule has 1 aliphatic rings. The van der Waals surface area contributed by atoms with E-state index in [1.165, 1.54) is 50.1 Å². The molecule has 286 valence electrons. The molecule has 0 radical (unpaired) electrons. The molecular weight excluding hydrogens is 739 g/mol. The summed E-state index contributed by atoms with van der Waals surface area (Å²) < 4.78 is 0. The molecule has 0 saturated carbocycles. The van der Waals surface area contributed by atoms with Crippen molar-refractivity contribution in [2.45, 2.75) is 5.41 Å². The molecule has 3 nitrogen and oxygen atoms in total. The summed E-state index contributed by atoms with van der Waals surface area (Å²) in [6.45, 7) is 0. The Kier molecular flexibility index (Phi) is 9.05. The largest absolute Gasteiger partial charge is 0.208 e. The van der Waals surface area contributed by atoms with Crippen molar-refractivity contribution in [1.29, 1.82) is 0 Å². The molecule has 0 amide bonds. The van der Waals surface area contributed by atoms with E-state index in [0.29, 0.717) is 17.5 Å². The highest BCUT2D eigenvalue weighted by atomic mass is 15.0. The number of hydrogen-bond acceptors (Lipinski definition) is 3. The van der Waals surface area contributed by atoms with Crippen molar-refractivity contribution < 1.29 is 0 Å². The number of hydrogen-bond donors (Lipinski definition) is 0. The third kappa shape index (κ3) is 6.35. The van der Waals surface area contributed by atoms with E-state index in [1.807, 2.05) is 12.1 Å². The van der Waals surface area contributed by atoms with Crippen LogP contribution in [0.4, 0.5) is 0 Å². The summed E-state index contributed by atoms with van der Waals surface area (Å²) in [5, 5.41) is 0. The normalized spacial score (nSPS) is 12.4. The van der Waals surface area contributed by atoms with E-state index in [-0.39, 0.29) is 0 Å². The van der Waals surface area contributed by atoms with Crippen molar-refractivity contribution in [3.63, 3.8) is 0 Å². The van der Waals surface area contributed by atoms with Gasteiger partial charge in [-0.05, 0) is 72.8 Å². The average molecular weight is 778 g/mol. The number of fused-ring (bicyclic) bond motifs is 3. The van der Waals surface area contributed by atoms with Crippen LogP contribution in [-0.4, -0.2) is 15.0 Å². The molecule has 0 spiro atoms.